The molecule has 9 heteroatoms. The van der Waals surface area contributed by atoms with Crippen LogP contribution >= 0.6 is 11.6 Å². The zero-order valence-corrected chi connectivity index (χ0v) is 16.3. The fourth-order valence-corrected chi connectivity index (χ4v) is 4.82. The van der Waals surface area contributed by atoms with Crippen LogP contribution in [0.15, 0.2) is 29.2 Å². The normalized spacial score (nSPS) is 18.1. The Bertz CT molecular complexity index is 900. The number of methoxy groups -OCH3 is 1. The summed E-state index contributed by atoms with van der Waals surface area (Å²) >= 11 is 5.97. The monoisotopic (exact) mass is 397 g/mol. The number of hydrogen-bond acceptors (Lipinski definition) is 6. The minimum Gasteiger partial charge on any atom is -0.495 e. The molecule has 0 unspecified atom stereocenters. The van der Waals surface area contributed by atoms with Crippen LogP contribution in [0.3, 0.4) is 0 Å². The average molecular weight is 398 g/mol. The van der Waals surface area contributed by atoms with E-state index in [1.165, 1.54) is 17.5 Å². The van der Waals surface area contributed by atoms with Gasteiger partial charge >= 0.3 is 0 Å². The summed E-state index contributed by atoms with van der Waals surface area (Å²) < 4.78 is 38.4. The number of benzene rings is 1. The highest BCUT2D eigenvalue weighted by Crippen LogP contribution is 2.31. The molecule has 3 rings (SSSR count). The van der Waals surface area contributed by atoms with Crippen molar-refractivity contribution in [3.05, 3.63) is 40.8 Å². The highest BCUT2D eigenvalue weighted by atomic mass is 35.5. The smallest absolute Gasteiger partial charge is 0.246 e. The zero-order chi connectivity index (χ0) is 18.9. The van der Waals surface area contributed by atoms with E-state index in [-0.39, 0.29) is 23.3 Å². The summed E-state index contributed by atoms with van der Waals surface area (Å²) in [6, 6.07) is 6.28. The summed E-state index contributed by atoms with van der Waals surface area (Å²) in [6.07, 6.45) is 0.299. The van der Waals surface area contributed by atoms with Crippen LogP contribution in [-0.2, 0) is 10.0 Å². The SMILES string of the molecule is COc1ccc(Cl)cc1S(=O)(=O)N1CC[C@@H](Oc2cc(C)nc(C)n2)C1. The minimum absolute atomic E-state index is 0.0573. The standard InChI is InChI=1S/C17H20ClN3O4S/c1-11-8-17(20-12(2)19-11)25-14-6-7-21(10-14)26(22,23)16-9-13(18)4-5-15(16)24-3/h4-5,8-9,14H,6-7,10H2,1-3H3/t14-/m1/s1. The Labute approximate surface area is 158 Å². The molecule has 1 fully saturated rings. The van der Waals surface area contributed by atoms with E-state index < -0.39 is 10.0 Å². The highest BCUT2D eigenvalue weighted by Gasteiger charge is 2.35. The molecular weight excluding hydrogens is 378 g/mol. The van der Waals surface area contributed by atoms with Gasteiger partial charge in [0, 0.05) is 23.3 Å². The summed E-state index contributed by atoms with van der Waals surface area (Å²) in [5.74, 6) is 1.34. The maximum atomic E-state index is 13.0. The van der Waals surface area contributed by atoms with Crippen molar-refractivity contribution in [1.82, 2.24) is 14.3 Å². The predicted octanol–water partition coefficient (Wildman–Crippen LogP) is 2.60. The number of hydrogen-bond donors (Lipinski definition) is 0. The van der Waals surface area contributed by atoms with Gasteiger partial charge in [0.05, 0.1) is 13.7 Å². The van der Waals surface area contributed by atoms with E-state index in [0.717, 1.165) is 5.69 Å². The van der Waals surface area contributed by atoms with Crippen LogP contribution in [0.1, 0.15) is 17.9 Å². The Morgan fingerprint density at radius 1 is 1.23 bits per heavy atom. The molecule has 1 aromatic carbocycles. The van der Waals surface area contributed by atoms with Crippen LogP contribution in [0.2, 0.25) is 5.02 Å². The molecule has 1 aromatic heterocycles. The largest absolute Gasteiger partial charge is 0.495 e. The van der Waals surface area contributed by atoms with E-state index >= 15 is 0 Å². The highest BCUT2D eigenvalue weighted by molar-refractivity contribution is 7.89. The number of aryl methyl sites for hydroxylation is 2. The first-order valence-corrected chi connectivity index (χ1v) is 9.94. The van der Waals surface area contributed by atoms with Gasteiger partial charge in [-0.25, -0.2) is 13.4 Å². The van der Waals surface area contributed by atoms with Gasteiger partial charge in [0.1, 0.15) is 22.6 Å². The van der Waals surface area contributed by atoms with Crippen molar-refractivity contribution in [3.63, 3.8) is 0 Å². The van der Waals surface area contributed by atoms with Crippen LogP contribution in [-0.4, -0.2) is 49.0 Å². The first kappa shape index (κ1) is 18.9. The molecule has 0 saturated carbocycles. The van der Waals surface area contributed by atoms with E-state index in [1.54, 1.807) is 25.1 Å². The third kappa shape index (κ3) is 3.92. The second-order valence-corrected chi connectivity index (χ2v) is 8.42. The summed E-state index contributed by atoms with van der Waals surface area (Å²) in [4.78, 5) is 8.51. The average Bonchev–Trinajstić information content (AvgIpc) is 3.03. The summed E-state index contributed by atoms with van der Waals surface area (Å²) in [6.45, 7) is 4.24. The Balaban J connectivity index is 1.78. The van der Waals surface area contributed by atoms with E-state index in [1.807, 2.05) is 6.92 Å². The lowest BCUT2D eigenvalue weighted by Gasteiger charge is -2.19. The van der Waals surface area contributed by atoms with Crippen LogP contribution in [0.4, 0.5) is 0 Å². The molecule has 0 radical (unpaired) electrons. The number of ether oxygens (including phenoxy) is 2. The Kier molecular flexibility index (Phi) is 5.36. The van der Waals surface area contributed by atoms with E-state index in [0.29, 0.717) is 29.7 Å². The lowest BCUT2D eigenvalue weighted by Crippen LogP contribution is -2.31. The summed E-state index contributed by atoms with van der Waals surface area (Å²) in [5, 5.41) is 0.336. The maximum Gasteiger partial charge on any atom is 0.246 e. The third-order valence-corrected chi connectivity index (χ3v) is 6.20. The molecule has 1 saturated heterocycles. The van der Waals surface area contributed by atoms with E-state index in [2.05, 4.69) is 9.97 Å². The molecule has 140 valence electrons. The minimum atomic E-state index is -3.73. The van der Waals surface area contributed by atoms with Crippen molar-refractivity contribution in [2.45, 2.75) is 31.3 Å². The summed E-state index contributed by atoms with van der Waals surface area (Å²) in [5.41, 5.74) is 0.804. The molecule has 0 bridgehead atoms. The molecule has 0 N–H and O–H groups in total. The molecule has 1 aliphatic heterocycles. The number of aromatic nitrogens is 2. The first-order valence-electron chi connectivity index (χ1n) is 8.12. The van der Waals surface area contributed by atoms with E-state index in [4.69, 9.17) is 21.1 Å². The zero-order valence-electron chi connectivity index (χ0n) is 14.8. The maximum absolute atomic E-state index is 13.0. The molecule has 0 aliphatic carbocycles. The van der Waals surface area contributed by atoms with Crippen molar-refractivity contribution >= 4 is 21.6 Å². The summed E-state index contributed by atoms with van der Waals surface area (Å²) in [7, 11) is -2.31. The Morgan fingerprint density at radius 3 is 2.69 bits per heavy atom. The van der Waals surface area contributed by atoms with Crippen molar-refractivity contribution in [1.29, 1.82) is 0 Å². The van der Waals surface area contributed by atoms with Crippen LogP contribution < -0.4 is 9.47 Å². The topological polar surface area (TPSA) is 81.6 Å². The number of rotatable bonds is 5. The van der Waals surface area contributed by atoms with Crippen molar-refractivity contribution in [2.75, 3.05) is 20.2 Å². The molecule has 2 aromatic rings. The predicted molar refractivity (Wildman–Crippen MR) is 97.3 cm³/mol. The molecule has 26 heavy (non-hydrogen) atoms. The molecule has 7 nitrogen and oxygen atoms in total. The fourth-order valence-electron chi connectivity index (χ4n) is 2.92. The van der Waals surface area contributed by atoms with Crippen LogP contribution in [0.25, 0.3) is 0 Å². The molecule has 0 spiro atoms. The fraction of sp³-hybridized carbons (Fsp3) is 0.412. The third-order valence-electron chi connectivity index (χ3n) is 4.08. The molecule has 0 amide bonds. The lowest BCUT2D eigenvalue weighted by molar-refractivity contribution is 0.206. The second-order valence-electron chi connectivity index (χ2n) is 6.08. The van der Waals surface area contributed by atoms with Crippen molar-refractivity contribution in [3.8, 4) is 11.6 Å². The van der Waals surface area contributed by atoms with Gasteiger partial charge in [0.2, 0.25) is 15.9 Å². The van der Waals surface area contributed by atoms with Gasteiger partial charge in [-0.3, -0.25) is 0 Å². The quantitative estimate of drug-likeness (QED) is 0.771. The molecule has 1 aliphatic rings. The van der Waals surface area contributed by atoms with Gasteiger partial charge in [0.15, 0.2) is 0 Å². The second kappa shape index (κ2) is 7.38. The molecule has 1 atom stereocenters. The van der Waals surface area contributed by atoms with Gasteiger partial charge in [0.25, 0.3) is 0 Å². The van der Waals surface area contributed by atoms with Crippen LogP contribution in [0.5, 0.6) is 11.6 Å². The van der Waals surface area contributed by atoms with Crippen molar-refractivity contribution in [2.24, 2.45) is 0 Å². The van der Waals surface area contributed by atoms with Gasteiger partial charge in [-0.2, -0.15) is 9.29 Å². The Morgan fingerprint density at radius 2 is 2.00 bits per heavy atom. The van der Waals surface area contributed by atoms with E-state index in [9.17, 15) is 8.42 Å². The number of nitrogens with zero attached hydrogens (tertiary/aromatic N) is 3. The van der Waals surface area contributed by atoms with Crippen LogP contribution in [0, 0.1) is 13.8 Å². The molecule has 2 heterocycles. The molecular formula is C17H20ClN3O4S. The number of halogens is 1. The first-order chi connectivity index (χ1) is 12.3. The Hall–Kier alpha value is -1.90. The van der Waals surface area contributed by atoms with Crippen molar-refractivity contribution < 1.29 is 17.9 Å². The van der Waals surface area contributed by atoms with Gasteiger partial charge in [-0.15, -0.1) is 0 Å². The van der Waals surface area contributed by atoms with Gasteiger partial charge in [-0.1, -0.05) is 11.6 Å². The van der Waals surface area contributed by atoms with Gasteiger partial charge < -0.3 is 9.47 Å². The number of sulfonamides is 1. The lowest BCUT2D eigenvalue weighted by atomic mass is 10.3. The van der Waals surface area contributed by atoms with Gasteiger partial charge in [-0.05, 0) is 38.5 Å².